The SMILES string of the molecule is O=C1OC2(c3ccccc31)c1cc(I)c(O)c(O)c1Oc1c2cc(I)c(O)c1O. The molecule has 0 amide bonds. The summed E-state index contributed by atoms with van der Waals surface area (Å²) in [5.41, 5.74) is -0.117. The van der Waals surface area contributed by atoms with E-state index in [1.54, 1.807) is 36.4 Å². The molecule has 3 aromatic carbocycles. The van der Waals surface area contributed by atoms with Gasteiger partial charge in [-0.05, 0) is 63.4 Å². The van der Waals surface area contributed by atoms with Crippen molar-refractivity contribution >= 4 is 51.2 Å². The molecule has 3 aromatic rings. The van der Waals surface area contributed by atoms with Crippen molar-refractivity contribution in [3.05, 3.63) is 65.8 Å². The van der Waals surface area contributed by atoms with E-state index >= 15 is 0 Å². The number of phenols is 4. The van der Waals surface area contributed by atoms with Crippen LogP contribution in [0.2, 0.25) is 0 Å². The number of carbonyl (C=O) groups is 1. The summed E-state index contributed by atoms with van der Waals surface area (Å²) in [5.74, 6) is -2.86. The lowest BCUT2D eigenvalue weighted by atomic mass is 9.77. The quantitative estimate of drug-likeness (QED) is 0.169. The van der Waals surface area contributed by atoms with Gasteiger partial charge in [0.2, 0.25) is 11.5 Å². The normalized spacial score (nSPS) is 15.3. The zero-order valence-electron chi connectivity index (χ0n) is 14.2. The van der Waals surface area contributed by atoms with Crippen molar-refractivity contribution < 1.29 is 34.7 Å². The summed E-state index contributed by atoms with van der Waals surface area (Å²) < 4.78 is 12.3. The van der Waals surface area contributed by atoms with Crippen LogP contribution in [0.25, 0.3) is 0 Å². The van der Waals surface area contributed by atoms with Crippen LogP contribution in [0.4, 0.5) is 0 Å². The Morgan fingerprint density at radius 3 is 1.83 bits per heavy atom. The number of phenolic OH excluding ortho intramolecular Hbond substituents is 4. The van der Waals surface area contributed by atoms with E-state index in [0.29, 0.717) is 29.4 Å². The number of halogens is 2. The number of hydrogen-bond donors (Lipinski definition) is 4. The Morgan fingerprint density at radius 2 is 1.28 bits per heavy atom. The molecule has 2 heterocycles. The molecule has 5 rings (SSSR count). The molecule has 29 heavy (non-hydrogen) atoms. The summed E-state index contributed by atoms with van der Waals surface area (Å²) in [6, 6.07) is 9.90. The second kappa shape index (κ2) is 6.05. The average Bonchev–Trinajstić information content (AvgIpc) is 3.00. The highest BCUT2D eigenvalue weighted by Gasteiger charge is 2.55. The summed E-state index contributed by atoms with van der Waals surface area (Å²) in [5, 5.41) is 41.5. The molecule has 0 fully saturated rings. The number of hydrogen-bond acceptors (Lipinski definition) is 7. The maximum atomic E-state index is 12.7. The van der Waals surface area contributed by atoms with Gasteiger partial charge in [0.25, 0.3) is 0 Å². The fraction of sp³-hybridized carbons (Fsp3) is 0.0500. The fourth-order valence-corrected chi connectivity index (χ4v) is 4.95. The highest BCUT2D eigenvalue weighted by Crippen LogP contribution is 2.62. The zero-order valence-corrected chi connectivity index (χ0v) is 18.5. The first-order valence-electron chi connectivity index (χ1n) is 8.28. The van der Waals surface area contributed by atoms with Crippen molar-refractivity contribution in [2.45, 2.75) is 5.60 Å². The van der Waals surface area contributed by atoms with Gasteiger partial charge in [-0.25, -0.2) is 4.79 Å². The number of rotatable bonds is 0. The molecule has 0 saturated carbocycles. The van der Waals surface area contributed by atoms with Crippen LogP contribution in [0, 0.1) is 7.14 Å². The predicted molar refractivity (Wildman–Crippen MR) is 117 cm³/mol. The molecule has 0 atom stereocenters. The van der Waals surface area contributed by atoms with Gasteiger partial charge in [0.05, 0.1) is 23.8 Å². The Kier molecular flexibility index (Phi) is 3.88. The van der Waals surface area contributed by atoms with Gasteiger partial charge in [-0.3, -0.25) is 0 Å². The van der Waals surface area contributed by atoms with Gasteiger partial charge in [-0.2, -0.15) is 0 Å². The second-order valence-corrected chi connectivity index (χ2v) is 8.91. The summed E-state index contributed by atoms with van der Waals surface area (Å²) in [7, 11) is 0. The second-order valence-electron chi connectivity index (χ2n) is 6.58. The van der Waals surface area contributed by atoms with Crippen molar-refractivity contribution in [3.8, 4) is 34.5 Å². The van der Waals surface area contributed by atoms with Crippen LogP contribution in [-0.4, -0.2) is 26.4 Å². The summed E-state index contributed by atoms with van der Waals surface area (Å²) in [6.07, 6.45) is 0. The summed E-state index contributed by atoms with van der Waals surface area (Å²) >= 11 is 3.70. The number of benzene rings is 3. The number of esters is 1. The Bertz CT molecular complexity index is 1190. The third-order valence-corrected chi connectivity index (χ3v) is 6.74. The highest BCUT2D eigenvalue weighted by atomic mass is 127. The standard InChI is InChI=1S/C20H10I2O7/c21-11-5-9-17(15(25)13(11)23)28-18-10(6-12(22)14(24)16(18)26)20(9)8-4-2-1-3-7(8)19(27)29-20/h1-6,23-26H. The molecule has 1 spiro atoms. The largest absolute Gasteiger partial charge is 0.503 e. The first-order chi connectivity index (χ1) is 13.8. The number of carbonyl (C=O) groups excluding carboxylic acids is 1. The molecule has 146 valence electrons. The molecule has 0 radical (unpaired) electrons. The minimum absolute atomic E-state index is 0.171. The molecule has 0 aromatic heterocycles. The van der Waals surface area contributed by atoms with E-state index in [1.807, 2.05) is 45.2 Å². The Balaban J connectivity index is 1.99. The molecule has 4 N–H and O–H groups in total. The Morgan fingerprint density at radius 1 is 0.759 bits per heavy atom. The van der Waals surface area contributed by atoms with Crippen LogP contribution < -0.4 is 4.74 Å². The van der Waals surface area contributed by atoms with Crippen molar-refractivity contribution in [3.63, 3.8) is 0 Å². The van der Waals surface area contributed by atoms with E-state index in [0.717, 1.165) is 0 Å². The maximum absolute atomic E-state index is 12.7. The van der Waals surface area contributed by atoms with E-state index < -0.39 is 34.6 Å². The van der Waals surface area contributed by atoms with E-state index in [1.165, 1.54) is 0 Å². The first kappa shape index (κ1) is 18.6. The van der Waals surface area contributed by atoms with Crippen LogP contribution >= 0.6 is 45.2 Å². The Labute approximate surface area is 190 Å². The smallest absolute Gasteiger partial charge is 0.340 e. The minimum Gasteiger partial charge on any atom is -0.503 e. The van der Waals surface area contributed by atoms with Crippen LogP contribution in [0.5, 0.6) is 34.5 Å². The van der Waals surface area contributed by atoms with Gasteiger partial charge in [0.1, 0.15) is 0 Å². The molecular weight excluding hydrogens is 606 g/mol. The van der Waals surface area contributed by atoms with Gasteiger partial charge < -0.3 is 29.9 Å². The molecule has 7 nitrogen and oxygen atoms in total. The molecular formula is C20H10I2O7. The zero-order chi connectivity index (χ0) is 20.7. The molecule has 2 aliphatic rings. The molecule has 0 saturated heterocycles. The monoisotopic (exact) mass is 616 g/mol. The van der Waals surface area contributed by atoms with Gasteiger partial charge in [0.15, 0.2) is 28.6 Å². The lowest BCUT2D eigenvalue weighted by molar-refractivity contribution is 0.0219. The van der Waals surface area contributed by atoms with Crippen molar-refractivity contribution in [2.75, 3.05) is 0 Å². The van der Waals surface area contributed by atoms with Gasteiger partial charge in [-0.15, -0.1) is 0 Å². The van der Waals surface area contributed by atoms with E-state index in [-0.39, 0.29) is 11.5 Å². The highest BCUT2D eigenvalue weighted by molar-refractivity contribution is 14.1. The third-order valence-electron chi connectivity index (χ3n) is 5.10. The third kappa shape index (κ3) is 2.25. The van der Waals surface area contributed by atoms with E-state index in [4.69, 9.17) is 9.47 Å². The molecule has 0 unspecified atom stereocenters. The predicted octanol–water partition coefficient (Wildman–Crippen LogP) is 4.29. The van der Waals surface area contributed by atoms with Crippen molar-refractivity contribution in [1.29, 1.82) is 0 Å². The van der Waals surface area contributed by atoms with Crippen LogP contribution in [0.15, 0.2) is 36.4 Å². The van der Waals surface area contributed by atoms with Crippen LogP contribution in [-0.2, 0) is 10.3 Å². The summed E-state index contributed by atoms with van der Waals surface area (Å²) in [4.78, 5) is 12.7. The van der Waals surface area contributed by atoms with Crippen molar-refractivity contribution in [1.82, 2.24) is 0 Å². The topological polar surface area (TPSA) is 116 Å². The van der Waals surface area contributed by atoms with Crippen molar-refractivity contribution in [2.24, 2.45) is 0 Å². The maximum Gasteiger partial charge on any atom is 0.340 e. The number of ether oxygens (including phenoxy) is 2. The van der Waals surface area contributed by atoms with Gasteiger partial charge in [0, 0.05) is 5.56 Å². The van der Waals surface area contributed by atoms with Gasteiger partial charge >= 0.3 is 5.97 Å². The Hall–Kier alpha value is -2.41. The number of aromatic hydroxyl groups is 4. The molecule has 0 aliphatic carbocycles. The average molecular weight is 616 g/mol. The summed E-state index contributed by atoms with van der Waals surface area (Å²) in [6.45, 7) is 0. The lowest BCUT2D eigenvalue weighted by Gasteiger charge is -2.37. The number of fused-ring (bicyclic) bond motifs is 6. The minimum atomic E-state index is -1.53. The van der Waals surface area contributed by atoms with Crippen LogP contribution in [0.1, 0.15) is 27.0 Å². The molecule has 2 aliphatic heterocycles. The molecule has 9 heteroatoms. The van der Waals surface area contributed by atoms with Crippen LogP contribution in [0.3, 0.4) is 0 Å². The van der Waals surface area contributed by atoms with Gasteiger partial charge in [-0.1, -0.05) is 18.2 Å². The van der Waals surface area contributed by atoms with E-state index in [2.05, 4.69) is 0 Å². The lowest BCUT2D eigenvalue weighted by Crippen LogP contribution is -2.33. The fourth-order valence-electron chi connectivity index (χ4n) is 3.81. The molecule has 0 bridgehead atoms. The van der Waals surface area contributed by atoms with E-state index in [9.17, 15) is 25.2 Å². The first-order valence-corrected chi connectivity index (χ1v) is 10.4.